The van der Waals surface area contributed by atoms with E-state index in [1.54, 1.807) is 14.0 Å². The van der Waals surface area contributed by atoms with Gasteiger partial charge in [-0.05, 0) is 24.5 Å². The van der Waals surface area contributed by atoms with Gasteiger partial charge in [-0.2, -0.15) is 0 Å². The summed E-state index contributed by atoms with van der Waals surface area (Å²) in [6, 6.07) is 8.27. The first-order valence-electron chi connectivity index (χ1n) is 7.51. The fourth-order valence-electron chi connectivity index (χ4n) is 1.96. The van der Waals surface area contributed by atoms with Gasteiger partial charge in [-0.3, -0.25) is 4.99 Å². The van der Waals surface area contributed by atoms with Crippen LogP contribution in [0.25, 0.3) is 0 Å². The molecule has 0 aliphatic rings. The van der Waals surface area contributed by atoms with E-state index < -0.39 is 10.0 Å². The predicted octanol–water partition coefficient (Wildman–Crippen LogP) is 0.853. The van der Waals surface area contributed by atoms with Crippen molar-refractivity contribution in [3.05, 3.63) is 35.4 Å². The van der Waals surface area contributed by atoms with Crippen molar-refractivity contribution in [1.29, 1.82) is 0 Å². The Hall–Kier alpha value is -1.60. The molecule has 0 aromatic heterocycles. The lowest BCUT2D eigenvalue weighted by Crippen LogP contribution is -2.41. The first-order chi connectivity index (χ1) is 10.5. The van der Waals surface area contributed by atoms with Crippen LogP contribution in [-0.4, -0.2) is 40.3 Å². The molecule has 0 amide bonds. The summed E-state index contributed by atoms with van der Waals surface area (Å²) in [5.41, 5.74) is 2.54. The van der Waals surface area contributed by atoms with Crippen molar-refractivity contribution in [2.75, 3.05) is 25.9 Å². The first-order valence-corrected chi connectivity index (χ1v) is 9.16. The molecule has 3 N–H and O–H groups in total. The normalized spacial score (nSPS) is 12.2. The van der Waals surface area contributed by atoms with Gasteiger partial charge in [0.2, 0.25) is 10.0 Å². The van der Waals surface area contributed by atoms with E-state index in [9.17, 15) is 8.42 Å². The second kappa shape index (κ2) is 9.42. The molecule has 0 heterocycles. The Morgan fingerprint density at radius 3 is 2.36 bits per heavy atom. The predicted molar refractivity (Wildman–Crippen MR) is 91.5 cm³/mol. The number of guanidine groups is 1. The second-order valence-electron chi connectivity index (χ2n) is 4.77. The summed E-state index contributed by atoms with van der Waals surface area (Å²) in [7, 11) is -1.45. The highest BCUT2D eigenvalue weighted by Gasteiger charge is 2.05. The molecule has 0 radical (unpaired) electrons. The van der Waals surface area contributed by atoms with Gasteiger partial charge < -0.3 is 10.6 Å². The van der Waals surface area contributed by atoms with Crippen LogP contribution in [0.1, 0.15) is 25.0 Å². The molecular formula is C15H26N4O2S. The zero-order valence-electron chi connectivity index (χ0n) is 13.5. The molecule has 1 aromatic carbocycles. The summed E-state index contributed by atoms with van der Waals surface area (Å²) < 4.78 is 25.1. The third-order valence-electron chi connectivity index (χ3n) is 3.29. The fourth-order valence-corrected chi connectivity index (χ4v) is 2.58. The molecule has 0 fully saturated rings. The van der Waals surface area contributed by atoms with Crippen molar-refractivity contribution in [1.82, 2.24) is 15.4 Å². The van der Waals surface area contributed by atoms with Gasteiger partial charge in [0.15, 0.2) is 5.96 Å². The SMILES string of the molecule is CCc1ccccc1CNC(=NC)NCCNS(=O)(=O)CC. The minimum absolute atomic E-state index is 0.0910. The van der Waals surface area contributed by atoms with E-state index in [2.05, 4.69) is 39.4 Å². The maximum absolute atomic E-state index is 11.3. The Bertz CT molecular complexity index is 585. The quantitative estimate of drug-likeness (QED) is 0.376. The summed E-state index contributed by atoms with van der Waals surface area (Å²) in [6.07, 6.45) is 0.989. The Morgan fingerprint density at radius 1 is 1.09 bits per heavy atom. The number of hydrogen-bond donors (Lipinski definition) is 3. The number of aryl methyl sites for hydroxylation is 1. The van der Waals surface area contributed by atoms with Gasteiger partial charge in [0.25, 0.3) is 0 Å². The third kappa shape index (κ3) is 6.44. The summed E-state index contributed by atoms with van der Waals surface area (Å²) in [6.45, 7) is 5.24. The average Bonchev–Trinajstić information content (AvgIpc) is 2.54. The summed E-state index contributed by atoms with van der Waals surface area (Å²) in [5.74, 6) is 0.745. The van der Waals surface area contributed by atoms with Crippen molar-refractivity contribution < 1.29 is 8.42 Å². The minimum atomic E-state index is -3.14. The highest BCUT2D eigenvalue weighted by Crippen LogP contribution is 2.08. The zero-order chi connectivity index (χ0) is 16.4. The highest BCUT2D eigenvalue weighted by molar-refractivity contribution is 7.89. The fraction of sp³-hybridized carbons (Fsp3) is 0.533. The second-order valence-corrected chi connectivity index (χ2v) is 6.87. The lowest BCUT2D eigenvalue weighted by atomic mass is 10.1. The minimum Gasteiger partial charge on any atom is -0.355 e. The van der Waals surface area contributed by atoms with Crippen LogP contribution in [0.4, 0.5) is 0 Å². The Kier molecular flexibility index (Phi) is 7.90. The van der Waals surface area contributed by atoms with Crippen LogP contribution in [0.15, 0.2) is 29.3 Å². The van der Waals surface area contributed by atoms with Gasteiger partial charge in [0, 0.05) is 26.7 Å². The van der Waals surface area contributed by atoms with Crippen LogP contribution >= 0.6 is 0 Å². The maximum atomic E-state index is 11.3. The molecular weight excluding hydrogens is 300 g/mol. The number of nitrogens with one attached hydrogen (secondary N) is 3. The smallest absolute Gasteiger partial charge is 0.211 e. The van der Waals surface area contributed by atoms with E-state index in [0.29, 0.717) is 25.6 Å². The molecule has 0 bridgehead atoms. The molecule has 0 aliphatic carbocycles. The standard InChI is InChI=1S/C15H26N4O2S/c1-4-13-8-6-7-9-14(13)12-18-15(16-3)17-10-11-19-22(20,21)5-2/h6-9,19H,4-5,10-12H2,1-3H3,(H2,16,17,18). The average molecular weight is 326 g/mol. The number of benzene rings is 1. The topological polar surface area (TPSA) is 82.6 Å². The summed E-state index contributed by atoms with van der Waals surface area (Å²) in [5, 5.41) is 6.32. The Labute approximate surface area is 133 Å². The van der Waals surface area contributed by atoms with E-state index in [1.165, 1.54) is 11.1 Å². The molecule has 0 spiro atoms. The van der Waals surface area contributed by atoms with Gasteiger partial charge in [-0.15, -0.1) is 0 Å². The van der Waals surface area contributed by atoms with Gasteiger partial charge in [0.1, 0.15) is 0 Å². The number of hydrogen-bond acceptors (Lipinski definition) is 3. The van der Waals surface area contributed by atoms with Crippen molar-refractivity contribution >= 4 is 16.0 Å². The van der Waals surface area contributed by atoms with Gasteiger partial charge in [-0.1, -0.05) is 31.2 Å². The lowest BCUT2D eigenvalue weighted by Gasteiger charge is -2.14. The molecule has 1 rings (SSSR count). The molecule has 0 saturated carbocycles. The Balaban J connectivity index is 2.40. The van der Waals surface area contributed by atoms with Crippen molar-refractivity contribution in [3.8, 4) is 0 Å². The van der Waals surface area contributed by atoms with Crippen LogP contribution in [0.5, 0.6) is 0 Å². The maximum Gasteiger partial charge on any atom is 0.211 e. The van der Waals surface area contributed by atoms with E-state index in [1.807, 2.05) is 12.1 Å². The molecule has 0 saturated heterocycles. The largest absolute Gasteiger partial charge is 0.355 e. The molecule has 1 aromatic rings. The molecule has 0 atom stereocenters. The lowest BCUT2D eigenvalue weighted by molar-refractivity contribution is 0.582. The van der Waals surface area contributed by atoms with E-state index >= 15 is 0 Å². The van der Waals surface area contributed by atoms with Gasteiger partial charge >= 0.3 is 0 Å². The van der Waals surface area contributed by atoms with E-state index in [-0.39, 0.29) is 5.75 Å². The first kappa shape index (κ1) is 18.4. The van der Waals surface area contributed by atoms with Crippen LogP contribution in [-0.2, 0) is 23.0 Å². The van der Waals surface area contributed by atoms with Gasteiger partial charge in [-0.25, -0.2) is 13.1 Å². The van der Waals surface area contributed by atoms with Crippen LogP contribution < -0.4 is 15.4 Å². The molecule has 22 heavy (non-hydrogen) atoms. The van der Waals surface area contributed by atoms with Crippen LogP contribution in [0.2, 0.25) is 0 Å². The third-order valence-corrected chi connectivity index (χ3v) is 4.69. The van der Waals surface area contributed by atoms with Gasteiger partial charge in [0.05, 0.1) is 5.75 Å². The number of rotatable bonds is 8. The van der Waals surface area contributed by atoms with Crippen molar-refractivity contribution in [3.63, 3.8) is 0 Å². The molecule has 6 nitrogen and oxygen atoms in total. The van der Waals surface area contributed by atoms with Crippen LogP contribution in [0.3, 0.4) is 0 Å². The summed E-state index contributed by atoms with van der Waals surface area (Å²) in [4.78, 5) is 4.13. The number of aliphatic imine (C=N–C) groups is 1. The van der Waals surface area contributed by atoms with E-state index in [0.717, 1.165) is 6.42 Å². The number of sulfonamides is 1. The summed E-state index contributed by atoms with van der Waals surface area (Å²) >= 11 is 0. The van der Waals surface area contributed by atoms with Crippen molar-refractivity contribution in [2.24, 2.45) is 4.99 Å². The Morgan fingerprint density at radius 2 is 1.77 bits per heavy atom. The monoisotopic (exact) mass is 326 g/mol. The molecule has 0 unspecified atom stereocenters. The highest BCUT2D eigenvalue weighted by atomic mass is 32.2. The van der Waals surface area contributed by atoms with Crippen molar-refractivity contribution in [2.45, 2.75) is 26.8 Å². The number of nitrogens with zero attached hydrogens (tertiary/aromatic N) is 1. The molecule has 0 aliphatic heterocycles. The van der Waals surface area contributed by atoms with Crippen LogP contribution in [0, 0.1) is 0 Å². The van der Waals surface area contributed by atoms with E-state index in [4.69, 9.17) is 0 Å². The zero-order valence-corrected chi connectivity index (χ0v) is 14.3. The molecule has 124 valence electrons. The molecule has 7 heteroatoms.